The average molecular weight is 396 g/mol. The number of benzene rings is 1. The number of nitrogens with zero attached hydrogens (tertiary/aromatic N) is 1. The van der Waals surface area contributed by atoms with E-state index in [9.17, 15) is 0 Å². The molecule has 2 unspecified atom stereocenters. The predicted octanol–water partition coefficient (Wildman–Crippen LogP) is 3.35. The van der Waals surface area contributed by atoms with E-state index >= 15 is 0 Å². The van der Waals surface area contributed by atoms with E-state index in [0.29, 0.717) is 22.6 Å². The molecule has 1 aliphatic rings. The van der Waals surface area contributed by atoms with Gasteiger partial charge in [-0.3, -0.25) is 4.99 Å². The number of hydrogen-bond acceptors (Lipinski definition) is 2. The van der Waals surface area contributed by atoms with Crippen LogP contribution in [-0.4, -0.2) is 19.6 Å². The molecule has 19 heavy (non-hydrogen) atoms. The van der Waals surface area contributed by atoms with Gasteiger partial charge in [0, 0.05) is 12.2 Å². The smallest absolute Gasteiger partial charge is 0.193 e. The van der Waals surface area contributed by atoms with Crippen molar-refractivity contribution in [1.29, 1.82) is 0 Å². The van der Waals surface area contributed by atoms with Gasteiger partial charge in [0.2, 0.25) is 0 Å². The van der Waals surface area contributed by atoms with Gasteiger partial charge in [0.1, 0.15) is 5.75 Å². The van der Waals surface area contributed by atoms with Crippen molar-refractivity contribution >= 4 is 47.2 Å². The van der Waals surface area contributed by atoms with Crippen LogP contribution in [0.3, 0.4) is 0 Å². The number of nitrogens with two attached hydrogens (primary N) is 1. The van der Waals surface area contributed by atoms with Gasteiger partial charge in [-0.15, -0.1) is 24.0 Å². The maximum Gasteiger partial charge on any atom is 0.193 e. The molecule has 1 aromatic rings. The SMILES string of the molecule is COc1ccc(NC(N)=NCC2CC2C)cc1Cl.I. The third kappa shape index (κ3) is 4.72. The molecule has 1 aliphatic carbocycles. The first kappa shape index (κ1) is 16.4. The highest BCUT2D eigenvalue weighted by Crippen LogP contribution is 2.37. The molecule has 1 saturated carbocycles. The van der Waals surface area contributed by atoms with E-state index < -0.39 is 0 Å². The molecule has 3 N–H and O–H groups in total. The maximum absolute atomic E-state index is 6.02. The molecule has 0 spiro atoms. The lowest BCUT2D eigenvalue weighted by molar-refractivity contribution is 0.415. The van der Waals surface area contributed by atoms with Crippen molar-refractivity contribution in [3.63, 3.8) is 0 Å². The van der Waals surface area contributed by atoms with Gasteiger partial charge in [-0.25, -0.2) is 0 Å². The second-order valence-electron chi connectivity index (χ2n) is 4.67. The number of methoxy groups -OCH3 is 1. The lowest BCUT2D eigenvalue weighted by atomic mass is 10.3. The molecule has 2 atom stereocenters. The normalized spacial score (nSPS) is 21.5. The minimum absolute atomic E-state index is 0. The molecule has 1 aromatic carbocycles. The zero-order valence-corrected chi connectivity index (χ0v) is 14.1. The Kier molecular flexibility index (Phi) is 6.19. The number of nitrogens with one attached hydrogen (secondary N) is 1. The Labute approximate surface area is 135 Å². The van der Waals surface area contributed by atoms with Crippen LogP contribution in [0.4, 0.5) is 5.69 Å². The molecule has 106 valence electrons. The summed E-state index contributed by atoms with van der Waals surface area (Å²) in [7, 11) is 1.58. The molecular weight excluding hydrogens is 377 g/mol. The topological polar surface area (TPSA) is 59.6 Å². The number of hydrogen-bond donors (Lipinski definition) is 2. The van der Waals surface area contributed by atoms with Crippen LogP contribution >= 0.6 is 35.6 Å². The van der Waals surface area contributed by atoms with Gasteiger partial charge in [-0.2, -0.15) is 0 Å². The fourth-order valence-corrected chi connectivity index (χ4v) is 2.06. The molecule has 0 radical (unpaired) electrons. The van der Waals surface area contributed by atoms with Crippen LogP contribution in [0, 0.1) is 11.8 Å². The van der Waals surface area contributed by atoms with Gasteiger partial charge in [0.05, 0.1) is 12.1 Å². The first-order chi connectivity index (χ1) is 8.60. The van der Waals surface area contributed by atoms with Crippen LogP contribution < -0.4 is 15.8 Å². The van der Waals surface area contributed by atoms with Crippen molar-refractivity contribution in [2.24, 2.45) is 22.6 Å². The van der Waals surface area contributed by atoms with E-state index in [1.54, 1.807) is 19.2 Å². The number of guanidine groups is 1. The van der Waals surface area contributed by atoms with E-state index in [2.05, 4.69) is 17.2 Å². The molecule has 0 aliphatic heterocycles. The van der Waals surface area contributed by atoms with Gasteiger partial charge in [-0.05, 0) is 36.5 Å². The average Bonchev–Trinajstić information content (AvgIpc) is 3.03. The van der Waals surface area contributed by atoms with Crippen LogP contribution in [0.2, 0.25) is 5.02 Å². The Hall–Kier alpha value is -0.690. The third-order valence-corrected chi connectivity index (χ3v) is 3.49. The van der Waals surface area contributed by atoms with Crippen LogP contribution in [0.25, 0.3) is 0 Å². The lowest BCUT2D eigenvalue weighted by Gasteiger charge is -2.08. The first-order valence-electron chi connectivity index (χ1n) is 6.00. The van der Waals surface area contributed by atoms with Gasteiger partial charge in [0.25, 0.3) is 0 Å². The van der Waals surface area contributed by atoms with Crippen molar-refractivity contribution in [3.05, 3.63) is 23.2 Å². The first-order valence-corrected chi connectivity index (χ1v) is 6.38. The summed E-state index contributed by atoms with van der Waals surface area (Å²) in [6, 6.07) is 5.41. The number of rotatable bonds is 4. The Morgan fingerprint density at radius 3 is 2.79 bits per heavy atom. The Bertz CT molecular complexity index is 467. The summed E-state index contributed by atoms with van der Waals surface area (Å²) in [6.45, 7) is 3.02. The molecule has 6 heteroatoms. The number of ether oxygens (including phenoxy) is 1. The molecular formula is C13H19ClIN3O. The highest BCUT2D eigenvalue weighted by Gasteiger charge is 2.31. The Balaban J connectivity index is 0.00000180. The van der Waals surface area contributed by atoms with Crippen LogP contribution in [0.5, 0.6) is 5.75 Å². The summed E-state index contributed by atoms with van der Waals surface area (Å²) in [6.07, 6.45) is 1.26. The third-order valence-electron chi connectivity index (χ3n) is 3.20. The van der Waals surface area contributed by atoms with Crippen molar-refractivity contribution in [2.75, 3.05) is 19.0 Å². The number of anilines is 1. The van der Waals surface area contributed by atoms with Crippen molar-refractivity contribution in [1.82, 2.24) is 0 Å². The molecule has 0 heterocycles. The summed E-state index contributed by atoms with van der Waals surface area (Å²) in [4.78, 5) is 4.31. The quantitative estimate of drug-likeness (QED) is 0.467. The fourth-order valence-electron chi connectivity index (χ4n) is 1.80. The molecule has 0 amide bonds. The van der Waals surface area contributed by atoms with Crippen molar-refractivity contribution in [2.45, 2.75) is 13.3 Å². The minimum Gasteiger partial charge on any atom is -0.495 e. The van der Waals surface area contributed by atoms with Crippen LogP contribution in [0.1, 0.15) is 13.3 Å². The van der Waals surface area contributed by atoms with Gasteiger partial charge in [0.15, 0.2) is 5.96 Å². The molecule has 4 nitrogen and oxygen atoms in total. The summed E-state index contributed by atoms with van der Waals surface area (Å²) in [5.74, 6) is 2.56. The van der Waals surface area contributed by atoms with E-state index in [1.165, 1.54) is 6.42 Å². The number of aliphatic imine (C=N–C) groups is 1. The maximum atomic E-state index is 6.02. The molecule has 0 aromatic heterocycles. The largest absolute Gasteiger partial charge is 0.495 e. The highest BCUT2D eigenvalue weighted by atomic mass is 127. The summed E-state index contributed by atoms with van der Waals surface area (Å²) in [5.41, 5.74) is 6.62. The van der Waals surface area contributed by atoms with Crippen molar-refractivity contribution < 1.29 is 4.74 Å². The Morgan fingerprint density at radius 1 is 1.58 bits per heavy atom. The Morgan fingerprint density at radius 2 is 2.26 bits per heavy atom. The van der Waals surface area contributed by atoms with Gasteiger partial charge >= 0.3 is 0 Å². The zero-order chi connectivity index (χ0) is 13.1. The summed E-state index contributed by atoms with van der Waals surface area (Å²) < 4.78 is 5.08. The lowest BCUT2D eigenvalue weighted by Crippen LogP contribution is -2.23. The molecule has 0 bridgehead atoms. The van der Waals surface area contributed by atoms with E-state index in [-0.39, 0.29) is 24.0 Å². The molecule has 1 fully saturated rings. The molecule has 2 rings (SSSR count). The second-order valence-corrected chi connectivity index (χ2v) is 5.08. The summed E-state index contributed by atoms with van der Waals surface area (Å²) >= 11 is 6.02. The highest BCUT2D eigenvalue weighted by molar-refractivity contribution is 14.0. The fraction of sp³-hybridized carbons (Fsp3) is 0.462. The van der Waals surface area contributed by atoms with Crippen molar-refractivity contribution in [3.8, 4) is 5.75 Å². The van der Waals surface area contributed by atoms with Crippen LogP contribution in [0.15, 0.2) is 23.2 Å². The number of halogens is 2. The van der Waals surface area contributed by atoms with E-state index in [0.717, 1.165) is 18.2 Å². The second kappa shape index (κ2) is 7.19. The standard InChI is InChI=1S/C13H18ClN3O.HI/c1-8-5-9(8)7-16-13(15)17-10-3-4-12(18-2)11(14)6-10;/h3-4,6,8-9H,5,7H2,1-2H3,(H3,15,16,17);1H. The minimum atomic E-state index is 0. The predicted molar refractivity (Wildman–Crippen MR) is 90.8 cm³/mol. The van der Waals surface area contributed by atoms with E-state index in [1.807, 2.05) is 6.07 Å². The molecule has 0 saturated heterocycles. The van der Waals surface area contributed by atoms with E-state index in [4.69, 9.17) is 22.1 Å². The summed E-state index contributed by atoms with van der Waals surface area (Å²) in [5, 5.41) is 3.57. The van der Waals surface area contributed by atoms with Gasteiger partial charge in [-0.1, -0.05) is 18.5 Å². The monoisotopic (exact) mass is 395 g/mol. The van der Waals surface area contributed by atoms with Crippen LogP contribution in [-0.2, 0) is 0 Å². The zero-order valence-electron chi connectivity index (χ0n) is 11.0. The van der Waals surface area contributed by atoms with Gasteiger partial charge < -0.3 is 15.8 Å².